The third-order valence-corrected chi connectivity index (χ3v) is 2.53. The maximum Gasteiger partial charge on any atom is 0.327 e. The van der Waals surface area contributed by atoms with Crippen molar-refractivity contribution in [1.29, 1.82) is 0 Å². The van der Waals surface area contributed by atoms with Crippen LogP contribution in [0.4, 0.5) is 5.69 Å². The number of rotatable bonds is 3. The molecule has 0 unspecified atom stereocenters. The van der Waals surface area contributed by atoms with Gasteiger partial charge in [-0.05, 0) is 29.3 Å². The molecule has 7 nitrogen and oxygen atoms in total. The molecule has 2 rings (SSSR count). The average molecular weight is 322 g/mol. The lowest BCUT2D eigenvalue weighted by Crippen LogP contribution is -1.98. The highest BCUT2D eigenvalue weighted by molar-refractivity contribution is 6.32. The highest BCUT2D eigenvalue weighted by Crippen LogP contribution is 2.36. The topological polar surface area (TPSA) is 91.0 Å². The van der Waals surface area contributed by atoms with E-state index in [0.29, 0.717) is 0 Å². The van der Waals surface area contributed by atoms with E-state index >= 15 is 0 Å². The van der Waals surface area contributed by atoms with Gasteiger partial charge >= 0.3 is 11.7 Å². The first-order chi connectivity index (χ1) is 8.97. The van der Waals surface area contributed by atoms with Crippen LogP contribution in [0.1, 0.15) is 0 Å². The quantitative estimate of drug-likeness (QED) is 0.634. The predicted octanol–water partition coefficient (Wildman–Crippen LogP) is 3.53. The van der Waals surface area contributed by atoms with Crippen molar-refractivity contribution in [2.24, 2.45) is 0 Å². The van der Waals surface area contributed by atoms with Crippen molar-refractivity contribution in [3.05, 3.63) is 43.9 Å². The standard InChI is InChI=1S/C9H3Cl3N4O3/c10-4-2-1-3-5(16(17)18)6(4)19-9-14-7(11)13-8(12)15-9/h1-3H. The summed E-state index contributed by atoms with van der Waals surface area (Å²) in [5.41, 5.74) is -0.333. The van der Waals surface area contributed by atoms with E-state index in [0.717, 1.165) is 0 Å². The number of halogens is 3. The van der Waals surface area contributed by atoms with Crippen LogP contribution in [0.2, 0.25) is 15.6 Å². The molecule has 2 aromatic rings. The highest BCUT2D eigenvalue weighted by atomic mass is 35.5. The summed E-state index contributed by atoms with van der Waals surface area (Å²) in [6.07, 6.45) is 0. The van der Waals surface area contributed by atoms with Crippen molar-refractivity contribution in [2.45, 2.75) is 0 Å². The minimum absolute atomic E-state index is 0.0295. The SMILES string of the molecule is O=[N+]([O-])c1cccc(Cl)c1Oc1nc(Cl)nc(Cl)n1. The van der Waals surface area contributed by atoms with Crippen LogP contribution in [0.3, 0.4) is 0 Å². The van der Waals surface area contributed by atoms with Gasteiger partial charge in [0.25, 0.3) is 0 Å². The molecular weight excluding hydrogens is 318 g/mol. The fraction of sp³-hybridized carbons (Fsp3) is 0. The first-order valence-electron chi connectivity index (χ1n) is 4.65. The average Bonchev–Trinajstić information content (AvgIpc) is 2.30. The normalized spacial score (nSPS) is 10.3. The van der Waals surface area contributed by atoms with Crippen LogP contribution in [0, 0.1) is 10.1 Å². The van der Waals surface area contributed by atoms with Crippen LogP contribution in [0.15, 0.2) is 18.2 Å². The predicted molar refractivity (Wildman–Crippen MR) is 68.0 cm³/mol. The highest BCUT2D eigenvalue weighted by Gasteiger charge is 2.20. The third kappa shape index (κ3) is 3.19. The molecule has 19 heavy (non-hydrogen) atoms. The number of nitrogens with zero attached hydrogens (tertiary/aromatic N) is 4. The molecule has 98 valence electrons. The minimum atomic E-state index is -0.647. The molecule has 0 aliphatic carbocycles. The second kappa shape index (κ2) is 5.52. The first kappa shape index (κ1) is 13.7. The van der Waals surface area contributed by atoms with E-state index in [2.05, 4.69) is 15.0 Å². The maximum absolute atomic E-state index is 10.9. The Kier molecular flexibility index (Phi) is 3.98. The fourth-order valence-electron chi connectivity index (χ4n) is 1.19. The molecule has 0 radical (unpaired) electrons. The number of aromatic nitrogens is 3. The van der Waals surface area contributed by atoms with Gasteiger partial charge in [0.15, 0.2) is 0 Å². The van der Waals surface area contributed by atoms with Gasteiger partial charge in [0.1, 0.15) is 0 Å². The van der Waals surface area contributed by atoms with Crippen LogP contribution < -0.4 is 4.74 Å². The van der Waals surface area contributed by atoms with E-state index < -0.39 is 4.92 Å². The van der Waals surface area contributed by atoms with Crippen molar-refractivity contribution in [2.75, 3.05) is 0 Å². The molecule has 0 fully saturated rings. The van der Waals surface area contributed by atoms with Gasteiger partial charge in [0.2, 0.25) is 16.3 Å². The van der Waals surface area contributed by atoms with Crippen LogP contribution >= 0.6 is 34.8 Å². The van der Waals surface area contributed by atoms with Gasteiger partial charge in [-0.15, -0.1) is 0 Å². The molecule has 0 aliphatic heterocycles. The summed E-state index contributed by atoms with van der Waals surface area (Å²) < 4.78 is 5.16. The van der Waals surface area contributed by atoms with Crippen LogP contribution in [-0.4, -0.2) is 19.9 Å². The van der Waals surface area contributed by atoms with Crippen molar-refractivity contribution in [1.82, 2.24) is 15.0 Å². The molecule has 0 spiro atoms. The zero-order valence-corrected chi connectivity index (χ0v) is 11.1. The molecule has 1 heterocycles. The van der Waals surface area contributed by atoms with Crippen LogP contribution in [-0.2, 0) is 0 Å². The number of para-hydroxylation sites is 1. The molecule has 0 saturated heterocycles. The van der Waals surface area contributed by atoms with Gasteiger partial charge in [-0.2, -0.15) is 15.0 Å². The minimum Gasteiger partial charge on any atom is -0.415 e. The Morgan fingerprint density at radius 3 is 2.32 bits per heavy atom. The third-order valence-electron chi connectivity index (χ3n) is 1.90. The largest absolute Gasteiger partial charge is 0.415 e. The molecule has 10 heteroatoms. The zero-order valence-electron chi connectivity index (χ0n) is 8.88. The van der Waals surface area contributed by atoms with E-state index in [4.69, 9.17) is 39.5 Å². The molecule has 0 atom stereocenters. The number of benzene rings is 1. The number of nitro benzene ring substituents is 1. The Labute approximate surface area is 121 Å². The molecular formula is C9H3Cl3N4O3. The fourth-order valence-corrected chi connectivity index (χ4v) is 1.74. The lowest BCUT2D eigenvalue weighted by atomic mass is 10.3. The summed E-state index contributed by atoms with van der Waals surface area (Å²) in [6.45, 7) is 0. The molecule has 0 N–H and O–H groups in total. The maximum atomic E-state index is 10.9. The number of ether oxygens (including phenoxy) is 1. The first-order valence-corrected chi connectivity index (χ1v) is 5.78. The Bertz CT molecular complexity index is 632. The van der Waals surface area contributed by atoms with Crippen LogP contribution in [0.25, 0.3) is 0 Å². The van der Waals surface area contributed by atoms with Gasteiger partial charge in [-0.1, -0.05) is 17.7 Å². The summed E-state index contributed by atoms with van der Waals surface area (Å²) in [4.78, 5) is 21.0. The lowest BCUT2D eigenvalue weighted by Gasteiger charge is -2.06. The molecule has 0 amide bonds. The molecule has 1 aromatic heterocycles. The number of nitro groups is 1. The Morgan fingerprint density at radius 1 is 1.11 bits per heavy atom. The van der Waals surface area contributed by atoms with Crippen molar-refractivity contribution in [3.8, 4) is 11.8 Å². The van der Waals surface area contributed by atoms with E-state index in [9.17, 15) is 10.1 Å². The van der Waals surface area contributed by atoms with E-state index in [-0.39, 0.29) is 33.0 Å². The van der Waals surface area contributed by atoms with Gasteiger partial charge in [-0.3, -0.25) is 10.1 Å². The van der Waals surface area contributed by atoms with Gasteiger partial charge in [0, 0.05) is 6.07 Å². The van der Waals surface area contributed by atoms with E-state index in [1.165, 1.54) is 18.2 Å². The van der Waals surface area contributed by atoms with Crippen molar-refractivity contribution < 1.29 is 9.66 Å². The summed E-state index contributed by atoms with van der Waals surface area (Å²) in [5, 5.41) is 10.5. The van der Waals surface area contributed by atoms with Crippen LogP contribution in [0.5, 0.6) is 11.8 Å². The second-order valence-electron chi connectivity index (χ2n) is 3.10. The molecule has 0 saturated carbocycles. The Morgan fingerprint density at radius 2 is 1.74 bits per heavy atom. The monoisotopic (exact) mass is 320 g/mol. The van der Waals surface area contributed by atoms with Crippen molar-refractivity contribution >= 4 is 40.5 Å². The second-order valence-corrected chi connectivity index (χ2v) is 4.19. The number of hydrogen-bond acceptors (Lipinski definition) is 6. The molecule has 1 aromatic carbocycles. The van der Waals surface area contributed by atoms with Gasteiger partial charge in [-0.25, -0.2) is 0 Å². The summed E-state index contributed by atoms with van der Waals surface area (Å²) in [7, 11) is 0. The number of hydrogen-bond donors (Lipinski definition) is 0. The van der Waals surface area contributed by atoms with E-state index in [1.54, 1.807) is 0 Å². The smallest absolute Gasteiger partial charge is 0.327 e. The zero-order chi connectivity index (χ0) is 14.0. The Balaban J connectivity index is 2.45. The van der Waals surface area contributed by atoms with Gasteiger partial charge in [0.05, 0.1) is 9.95 Å². The molecule has 0 bridgehead atoms. The van der Waals surface area contributed by atoms with E-state index in [1.807, 2.05) is 0 Å². The summed E-state index contributed by atoms with van der Waals surface area (Å²) in [5.74, 6) is -0.201. The summed E-state index contributed by atoms with van der Waals surface area (Å²) >= 11 is 17.0. The Hall–Kier alpha value is -1.70. The summed E-state index contributed by atoms with van der Waals surface area (Å²) in [6, 6.07) is 3.78. The lowest BCUT2D eigenvalue weighted by molar-refractivity contribution is -0.385. The molecule has 0 aliphatic rings. The van der Waals surface area contributed by atoms with Crippen molar-refractivity contribution in [3.63, 3.8) is 0 Å². The van der Waals surface area contributed by atoms with Gasteiger partial charge < -0.3 is 4.74 Å².